The van der Waals surface area contributed by atoms with Crippen LogP contribution in [0.15, 0.2) is 0 Å². The predicted molar refractivity (Wildman–Crippen MR) is 79.8 cm³/mol. The summed E-state index contributed by atoms with van der Waals surface area (Å²) in [7, 11) is 0. The van der Waals surface area contributed by atoms with Crippen molar-refractivity contribution in [2.24, 2.45) is 5.92 Å². The topological polar surface area (TPSA) is 85.3 Å². The zero-order chi connectivity index (χ0) is 16.6. The third-order valence-electron chi connectivity index (χ3n) is 3.22. The average molecular weight is 317 g/mol. The SMILES string of the molecule is CC(C)(C)OC(=O)N1CCC(COCCOCC(=O)O)CC1. The van der Waals surface area contributed by atoms with Crippen LogP contribution in [-0.2, 0) is 19.0 Å². The molecule has 0 aliphatic carbocycles. The van der Waals surface area contributed by atoms with E-state index >= 15 is 0 Å². The number of hydrogen-bond donors (Lipinski definition) is 1. The molecule has 0 aromatic rings. The van der Waals surface area contributed by atoms with Gasteiger partial charge in [-0.2, -0.15) is 0 Å². The first kappa shape index (κ1) is 18.7. The van der Waals surface area contributed by atoms with Crippen LogP contribution in [0.2, 0.25) is 0 Å². The number of hydrogen-bond acceptors (Lipinski definition) is 5. The lowest BCUT2D eigenvalue weighted by molar-refractivity contribution is -0.142. The van der Waals surface area contributed by atoms with Crippen LogP contribution >= 0.6 is 0 Å². The third-order valence-corrected chi connectivity index (χ3v) is 3.22. The van der Waals surface area contributed by atoms with E-state index in [0.717, 1.165) is 12.8 Å². The van der Waals surface area contributed by atoms with Gasteiger partial charge in [-0.25, -0.2) is 9.59 Å². The number of nitrogens with zero attached hydrogens (tertiary/aromatic N) is 1. The number of ether oxygens (including phenoxy) is 3. The Morgan fingerprint density at radius 2 is 1.73 bits per heavy atom. The molecule has 0 radical (unpaired) electrons. The van der Waals surface area contributed by atoms with Crippen molar-refractivity contribution in [1.29, 1.82) is 0 Å². The Morgan fingerprint density at radius 1 is 1.14 bits per heavy atom. The molecule has 0 aromatic carbocycles. The number of carboxylic acid groups (broad SMARTS) is 1. The van der Waals surface area contributed by atoms with E-state index in [1.165, 1.54) is 0 Å². The van der Waals surface area contributed by atoms with Gasteiger partial charge in [0.25, 0.3) is 0 Å². The molecule has 1 saturated heterocycles. The maximum absolute atomic E-state index is 11.9. The average Bonchev–Trinajstić information content (AvgIpc) is 2.41. The Morgan fingerprint density at radius 3 is 2.27 bits per heavy atom. The summed E-state index contributed by atoms with van der Waals surface area (Å²) in [4.78, 5) is 23.9. The van der Waals surface area contributed by atoms with Gasteiger partial charge in [0.05, 0.1) is 13.2 Å². The van der Waals surface area contributed by atoms with Gasteiger partial charge in [0.1, 0.15) is 12.2 Å². The van der Waals surface area contributed by atoms with E-state index in [4.69, 9.17) is 19.3 Å². The maximum Gasteiger partial charge on any atom is 0.410 e. The smallest absolute Gasteiger partial charge is 0.410 e. The van der Waals surface area contributed by atoms with Gasteiger partial charge >= 0.3 is 12.1 Å². The second-order valence-electron chi connectivity index (χ2n) is 6.43. The minimum absolute atomic E-state index is 0.256. The molecule has 0 spiro atoms. The number of carboxylic acids is 1. The van der Waals surface area contributed by atoms with Gasteiger partial charge in [0, 0.05) is 19.7 Å². The van der Waals surface area contributed by atoms with Crippen LogP contribution in [0.4, 0.5) is 4.79 Å². The number of carbonyl (C=O) groups excluding carboxylic acids is 1. The first-order valence-electron chi connectivity index (χ1n) is 7.63. The number of aliphatic carboxylic acids is 1. The Bertz CT molecular complexity index is 358. The molecule has 1 heterocycles. The lowest BCUT2D eigenvalue weighted by atomic mass is 9.98. The van der Waals surface area contributed by atoms with Crippen molar-refractivity contribution in [2.75, 3.05) is 39.5 Å². The standard InChI is InChI=1S/C15H27NO6/c1-15(2,3)22-14(19)16-6-4-12(5-7-16)10-20-8-9-21-11-13(17)18/h12H,4-11H2,1-3H3,(H,17,18). The van der Waals surface area contributed by atoms with Crippen LogP contribution in [-0.4, -0.2) is 67.2 Å². The highest BCUT2D eigenvalue weighted by Gasteiger charge is 2.26. The van der Waals surface area contributed by atoms with Crippen molar-refractivity contribution in [2.45, 2.75) is 39.2 Å². The molecule has 128 valence electrons. The molecule has 1 rings (SSSR count). The number of amides is 1. The Balaban J connectivity index is 2.10. The van der Waals surface area contributed by atoms with Crippen molar-refractivity contribution in [3.63, 3.8) is 0 Å². The summed E-state index contributed by atoms with van der Waals surface area (Å²) in [5.74, 6) is -0.562. The first-order chi connectivity index (χ1) is 10.3. The lowest BCUT2D eigenvalue weighted by Gasteiger charge is -2.33. The highest BCUT2D eigenvalue weighted by molar-refractivity contribution is 5.68. The van der Waals surface area contributed by atoms with Crippen LogP contribution in [0, 0.1) is 5.92 Å². The molecule has 7 heteroatoms. The van der Waals surface area contributed by atoms with Crippen molar-refractivity contribution in [1.82, 2.24) is 4.90 Å². The van der Waals surface area contributed by atoms with Crippen molar-refractivity contribution < 1.29 is 28.9 Å². The molecular formula is C15H27NO6. The summed E-state index contributed by atoms with van der Waals surface area (Å²) in [6, 6.07) is 0. The van der Waals surface area contributed by atoms with Crippen molar-refractivity contribution in [3.05, 3.63) is 0 Å². The molecule has 0 atom stereocenters. The number of carbonyl (C=O) groups is 2. The normalized spacial score (nSPS) is 16.6. The van der Waals surface area contributed by atoms with Crippen LogP contribution in [0.3, 0.4) is 0 Å². The molecule has 0 bridgehead atoms. The summed E-state index contributed by atoms with van der Waals surface area (Å²) in [6.45, 7) is 7.92. The molecule has 7 nitrogen and oxygen atoms in total. The fourth-order valence-corrected chi connectivity index (χ4v) is 2.14. The second kappa shape index (κ2) is 8.95. The lowest BCUT2D eigenvalue weighted by Crippen LogP contribution is -2.42. The molecule has 22 heavy (non-hydrogen) atoms. The van der Waals surface area contributed by atoms with E-state index in [1.54, 1.807) is 4.90 Å². The minimum atomic E-state index is -0.977. The van der Waals surface area contributed by atoms with Crippen LogP contribution in [0.5, 0.6) is 0 Å². The fraction of sp³-hybridized carbons (Fsp3) is 0.867. The van der Waals surface area contributed by atoms with Gasteiger partial charge in [0.2, 0.25) is 0 Å². The van der Waals surface area contributed by atoms with Crippen LogP contribution in [0.25, 0.3) is 0 Å². The molecule has 1 N–H and O–H groups in total. The highest BCUT2D eigenvalue weighted by atomic mass is 16.6. The third kappa shape index (κ3) is 8.19. The molecule has 0 unspecified atom stereocenters. The van der Waals surface area contributed by atoms with Gasteiger partial charge in [-0.15, -0.1) is 0 Å². The molecule has 0 saturated carbocycles. The maximum atomic E-state index is 11.9. The zero-order valence-electron chi connectivity index (χ0n) is 13.7. The van der Waals surface area contributed by atoms with Crippen LogP contribution in [0.1, 0.15) is 33.6 Å². The molecular weight excluding hydrogens is 290 g/mol. The molecule has 1 amide bonds. The Hall–Kier alpha value is -1.34. The van der Waals surface area contributed by atoms with Gasteiger partial charge in [-0.1, -0.05) is 0 Å². The molecule has 1 aliphatic rings. The van der Waals surface area contributed by atoms with E-state index < -0.39 is 11.6 Å². The van der Waals surface area contributed by atoms with Gasteiger partial charge in [0.15, 0.2) is 0 Å². The number of likely N-dealkylation sites (tertiary alicyclic amines) is 1. The summed E-state index contributed by atoms with van der Waals surface area (Å²) in [6.07, 6.45) is 1.51. The number of piperidine rings is 1. The predicted octanol–water partition coefficient (Wildman–Crippen LogP) is 1.75. The zero-order valence-corrected chi connectivity index (χ0v) is 13.7. The first-order valence-corrected chi connectivity index (χ1v) is 7.63. The second-order valence-corrected chi connectivity index (χ2v) is 6.43. The molecule has 1 aliphatic heterocycles. The fourth-order valence-electron chi connectivity index (χ4n) is 2.14. The van der Waals surface area contributed by atoms with Gasteiger partial charge in [-0.05, 0) is 39.5 Å². The van der Waals surface area contributed by atoms with Crippen molar-refractivity contribution in [3.8, 4) is 0 Å². The highest BCUT2D eigenvalue weighted by Crippen LogP contribution is 2.19. The quantitative estimate of drug-likeness (QED) is 0.720. The summed E-state index contributed by atoms with van der Waals surface area (Å²) in [5.41, 5.74) is -0.465. The van der Waals surface area contributed by atoms with Gasteiger partial charge < -0.3 is 24.2 Å². The Labute approximate surface area is 131 Å². The van der Waals surface area contributed by atoms with Crippen LogP contribution < -0.4 is 0 Å². The van der Waals surface area contributed by atoms with E-state index in [-0.39, 0.29) is 19.3 Å². The van der Waals surface area contributed by atoms with E-state index in [9.17, 15) is 9.59 Å². The Kier molecular flexibility index (Phi) is 7.61. The van der Waals surface area contributed by atoms with E-state index in [0.29, 0.717) is 32.2 Å². The number of rotatable bonds is 7. The van der Waals surface area contributed by atoms with E-state index in [2.05, 4.69) is 0 Å². The molecule has 0 aromatic heterocycles. The largest absolute Gasteiger partial charge is 0.480 e. The summed E-state index contributed by atoms with van der Waals surface area (Å²) < 4.78 is 15.7. The molecule has 1 fully saturated rings. The summed E-state index contributed by atoms with van der Waals surface area (Å²) >= 11 is 0. The monoisotopic (exact) mass is 317 g/mol. The van der Waals surface area contributed by atoms with Crippen molar-refractivity contribution >= 4 is 12.1 Å². The summed E-state index contributed by atoms with van der Waals surface area (Å²) in [5, 5.41) is 8.41. The van der Waals surface area contributed by atoms with E-state index in [1.807, 2.05) is 20.8 Å². The van der Waals surface area contributed by atoms with Gasteiger partial charge in [-0.3, -0.25) is 0 Å². The minimum Gasteiger partial charge on any atom is -0.480 e.